The van der Waals surface area contributed by atoms with Crippen molar-refractivity contribution in [2.45, 2.75) is 25.8 Å². The van der Waals surface area contributed by atoms with E-state index >= 15 is 0 Å². The molecule has 5 nitrogen and oxygen atoms in total. The summed E-state index contributed by atoms with van der Waals surface area (Å²) in [6, 6.07) is 3.98. The second kappa shape index (κ2) is 5.04. The van der Waals surface area contributed by atoms with E-state index in [1.807, 2.05) is 22.8 Å². The van der Waals surface area contributed by atoms with Crippen LogP contribution in [0.3, 0.4) is 0 Å². The predicted octanol–water partition coefficient (Wildman–Crippen LogP) is 1.16. The molecule has 0 atom stereocenters. The van der Waals surface area contributed by atoms with Crippen LogP contribution in [0.2, 0.25) is 0 Å². The minimum Gasteiger partial charge on any atom is -0.381 e. The van der Waals surface area contributed by atoms with Gasteiger partial charge in [-0.3, -0.25) is 0 Å². The highest BCUT2D eigenvalue weighted by molar-refractivity contribution is 5.38. The molecule has 3 heterocycles. The van der Waals surface area contributed by atoms with Crippen molar-refractivity contribution in [1.82, 2.24) is 14.6 Å². The van der Waals surface area contributed by atoms with Crippen molar-refractivity contribution in [3.05, 3.63) is 29.7 Å². The van der Waals surface area contributed by atoms with Crippen LogP contribution in [-0.2, 0) is 17.7 Å². The summed E-state index contributed by atoms with van der Waals surface area (Å²) >= 11 is 0. The van der Waals surface area contributed by atoms with Crippen molar-refractivity contribution >= 4 is 5.65 Å². The largest absolute Gasteiger partial charge is 0.381 e. The van der Waals surface area contributed by atoms with Gasteiger partial charge in [0.1, 0.15) is 0 Å². The Balaban J connectivity index is 1.79. The highest BCUT2D eigenvalue weighted by atomic mass is 16.5. The van der Waals surface area contributed by atoms with Gasteiger partial charge < -0.3 is 10.5 Å². The van der Waals surface area contributed by atoms with Crippen LogP contribution in [0.4, 0.5) is 0 Å². The summed E-state index contributed by atoms with van der Waals surface area (Å²) in [5, 5.41) is 4.52. The molecule has 1 aliphatic heterocycles. The Morgan fingerprint density at radius 2 is 2.17 bits per heavy atom. The molecular formula is C13H18N4O. The lowest BCUT2D eigenvalue weighted by Crippen LogP contribution is -2.18. The third-order valence-corrected chi connectivity index (χ3v) is 3.48. The highest BCUT2D eigenvalue weighted by Crippen LogP contribution is 2.18. The first-order chi connectivity index (χ1) is 8.85. The van der Waals surface area contributed by atoms with E-state index < -0.39 is 0 Å². The maximum atomic E-state index is 5.62. The normalized spacial score (nSPS) is 17.4. The molecule has 96 valence electrons. The molecule has 0 aromatic carbocycles. The zero-order valence-electron chi connectivity index (χ0n) is 10.4. The Bertz CT molecular complexity index is 531. The van der Waals surface area contributed by atoms with Gasteiger partial charge in [-0.2, -0.15) is 5.10 Å². The van der Waals surface area contributed by atoms with E-state index in [2.05, 4.69) is 10.1 Å². The summed E-state index contributed by atoms with van der Waals surface area (Å²) in [5.41, 5.74) is 7.59. The fraction of sp³-hybridized carbons (Fsp3) is 0.538. The number of hydrogen-bond acceptors (Lipinski definition) is 4. The molecule has 0 bridgehead atoms. The smallest absolute Gasteiger partial charge is 0.155 e. The molecule has 2 aromatic rings. The summed E-state index contributed by atoms with van der Waals surface area (Å²) in [6.45, 7) is 2.27. The average Bonchev–Trinajstić information content (AvgIpc) is 2.80. The minimum absolute atomic E-state index is 0.533. The average molecular weight is 246 g/mol. The molecule has 1 saturated heterocycles. The van der Waals surface area contributed by atoms with Gasteiger partial charge in [-0.1, -0.05) is 6.07 Å². The van der Waals surface area contributed by atoms with Gasteiger partial charge in [-0.05, 0) is 30.4 Å². The molecule has 2 N–H and O–H groups in total. The predicted molar refractivity (Wildman–Crippen MR) is 68.1 cm³/mol. The summed E-state index contributed by atoms with van der Waals surface area (Å²) in [4.78, 5) is 4.55. The first kappa shape index (κ1) is 11.6. The number of nitrogens with zero attached hydrogens (tertiary/aromatic N) is 3. The van der Waals surface area contributed by atoms with Crippen LogP contribution in [0, 0.1) is 5.92 Å². The van der Waals surface area contributed by atoms with Crippen LogP contribution in [0.15, 0.2) is 18.3 Å². The number of aromatic nitrogens is 3. The van der Waals surface area contributed by atoms with Crippen LogP contribution in [0.25, 0.3) is 5.65 Å². The topological polar surface area (TPSA) is 65.4 Å². The summed E-state index contributed by atoms with van der Waals surface area (Å²) in [5.74, 6) is 1.58. The summed E-state index contributed by atoms with van der Waals surface area (Å²) in [7, 11) is 0. The highest BCUT2D eigenvalue weighted by Gasteiger charge is 2.16. The molecule has 0 radical (unpaired) electrons. The third-order valence-electron chi connectivity index (χ3n) is 3.48. The van der Waals surface area contributed by atoms with Crippen molar-refractivity contribution in [2.75, 3.05) is 13.2 Å². The van der Waals surface area contributed by atoms with Crippen molar-refractivity contribution in [1.29, 1.82) is 0 Å². The first-order valence-electron chi connectivity index (χ1n) is 6.47. The van der Waals surface area contributed by atoms with Gasteiger partial charge in [0.05, 0.1) is 0 Å². The van der Waals surface area contributed by atoms with E-state index in [9.17, 15) is 0 Å². The molecular weight excluding hydrogens is 228 g/mol. The quantitative estimate of drug-likeness (QED) is 0.882. The maximum Gasteiger partial charge on any atom is 0.155 e. The molecule has 18 heavy (non-hydrogen) atoms. The Morgan fingerprint density at radius 1 is 1.33 bits per heavy atom. The van der Waals surface area contributed by atoms with E-state index in [1.165, 1.54) is 0 Å². The van der Waals surface area contributed by atoms with E-state index in [0.29, 0.717) is 12.5 Å². The third kappa shape index (κ3) is 2.37. The van der Waals surface area contributed by atoms with Crippen LogP contribution >= 0.6 is 0 Å². The zero-order chi connectivity index (χ0) is 12.4. The second-order valence-corrected chi connectivity index (χ2v) is 4.83. The summed E-state index contributed by atoms with van der Waals surface area (Å²) < 4.78 is 7.20. The van der Waals surface area contributed by atoms with Crippen molar-refractivity contribution in [3.8, 4) is 0 Å². The van der Waals surface area contributed by atoms with Crippen LogP contribution in [-0.4, -0.2) is 27.8 Å². The van der Waals surface area contributed by atoms with Crippen LogP contribution in [0.1, 0.15) is 24.2 Å². The molecule has 2 aromatic heterocycles. The van der Waals surface area contributed by atoms with Gasteiger partial charge >= 0.3 is 0 Å². The SMILES string of the molecule is NCc1ccc2nc(CC3CCOCC3)nn2c1. The maximum absolute atomic E-state index is 5.62. The molecule has 3 rings (SSSR count). The van der Waals surface area contributed by atoms with E-state index in [-0.39, 0.29) is 0 Å². The van der Waals surface area contributed by atoms with Gasteiger partial charge in [-0.15, -0.1) is 0 Å². The second-order valence-electron chi connectivity index (χ2n) is 4.83. The Labute approximate surface area is 106 Å². The number of hydrogen-bond donors (Lipinski definition) is 1. The van der Waals surface area contributed by atoms with Crippen molar-refractivity contribution < 1.29 is 4.74 Å². The number of ether oxygens (including phenoxy) is 1. The van der Waals surface area contributed by atoms with Gasteiger partial charge in [0.2, 0.25) is 0 Å². The Hall–Kier alpha value is -1.46. The van der Waals surface area contributed by atoms with Crippen molar-refractivity contribution in [3.63, 3.8) is 0 Å². The minimum atomic E-state index is 0.533. The molecule has 0 unspecified atom stereocenters. The molecule has 0 saturated carbocycles. The fourth-order valence-corrected chi connectivity index (χ4v) is 2.39. The lowest BCUT2D eigenvalue weighted by atomic mass is 9.96. The molecule has 5 heteroatoms. The van der Waals surface area contributed by atoms with Gasteiger partial charge in [-0.25, -0.2) is 9.50 Å². The van der Waals surface area contributed by atoms with Gasteiger partial charge in [0, 0.05) is 32.4 Å². The number of nitrogens with two attached hydrogens (primary N) is 1. The van der Waals surface area contributed by atoms with Crippen LogP contribution in [0.5, 0.6) is 0 Å². The molecule has 1 fully saturated rings. The van der Waals surface area contributed by atoms with Crippen LogP contribution < -0.4 is 5.73 Å². The molecule has 0 spiro atoms. The number of fused-ring (bicyclic) bond motifs is 1. The van der Waals surface area contributed by atoms with Gasteiger partial charge in [0.15, 0.2) is 11.5 Å². The van der Waals surface area contributed by atoms with E-state index in [1.54, 1.807) is 0 Å². The van der Waals surface area contributed by atoms with E-state index in [0.717, 1.165) is 49.5 Å². The lowest BCUT2D eigenvalue weighted by Gasteiger charge is -2.20. The molecule has 0 amide bonds. The molecule has 0 aliphatic carbocycles. The first-order valence-corrected chi connectivity index (χ1v) is 6.47. The molecule has 1 aliphatic rings. The van der Waals surface area contributed by atoms with Crippen molar-refractivity contribution in [2.24, 2.45) is 11.7 Å². The van der Waals surface area contributed by atoms with Gasteiger partial charge in [0.25, 0.3) is 0 Å². The monoisotopic (exact) mass is 246 g/mol. The summed E-state index contributed by atoms with van der Waals surface area (Å²) in [6.07, 6.45) is 5.13. The Kier molecular flexibility index (Phi) is 3.25. The Morgan fingerprint density at radius 3 is 2.94 bits per heavy atom. The standard InChI is InChI=1S/C13H18N4O/c14-8-11-1-2-13-15-12(16-17(13)9-11)7-10-3-5-18-6-4-10/h1-2,9-10H,3-8,14H2. The zero-order valence-corrected chi connectivity index (χ0v) is 10.4. The lowest BCUT2D eigenvalue weighted by molar-refractivity contribution is 0.0660. The number of rotatable bonds is 3. The fourth-order valence-electron chi connectivity index (χ4n) is 2.39. The number of pyridine rings is 1. The van der Waals surface area contributed by atoms with E-state index in [4.69, 9.17) is 10.5 Å².